The fourth-order valence-electron chi connectivity index (χ4n) is 6.08. The largest absolute Gasteiger partial charge is 0.387 e. The molecular formula is C28H27ClF2N2O6S. The van der Waals surface area contributed by atoms with Crippen molar-refractivity contribution in [3.63, 3.8) is 0 Å². The molecule has 0 radical (unpaired) electrons. The van der Waals surface area contributed by atoms with Crippen LogP contribution >= 0.6 is 11.6 Å². The maximum Gasteiger partial charge on any atom is 0.255 e. The first-order chi connectivity index (χ1) is 18.9. The van der Waals surface area contributed by atoms with Crippen LogP contribution in [0, 0.1) is 23.5 Å². The Hall–Kier alpha value is -2.96. The third kappa shape index (κ3) is 5.01. The molecule has 1 heterocycles. The summed E-state index contributed by atoms with van der Waals surface area (Å²) in [6.07, 6.45) is 0.930. The van der Waals surface area contributed by atoms with Gasteiger partial charge >= 0.3 is 0 Å². The predicted octanol–water partition coefficient (Wildman–Crippen LogP) is 4.05. The first-order valence-corrected chi connectivity index (χ1v) is 14.6. The van der Waals surface area contributed by atoms with Crippen molar-refractivity contribution < 1.29 is 37.3 Å². The number of nitrogens with zero attached hydrogens (tertiary/aromatic N) is 1. The highest BCUT2D eigenvalue weighted by Crippen LogP contribution is 2.55. The van der Waals surface area contributed by atoms with Crippen LogP contribution in [-0.2, 0) is 9.84 Å². The molecule has 0 aliphatic heterocycles. The van der Waals surface area contributed by atoms with Gasteiger partial charge in [-0.25, -0.2) is 17.2 Å². The first-order valence-electron chi connectivity index (χ1n) is 12.7. The molecule has 40 heavy (non-hydrogen) atoms. The van der Waals surface area contributed by atoms with E-state index in [-0.39, 0.29) is 34.0 Å². The second-order valence-corrected chi connectivity index (χ2v) is 13.0. The Labute approximate surface area is 234 Å². The van der Waals surface area contributed by atoms with Crippen molar-refractivity contribution in [2.45, 2.75) is 53.6 Å². The zero-order valence-corrected chi connectivity index (χ0v) is 22.6. The molecule has 212 valence electrons. The SMILES string of the molecule is O=C(Nc1ccc(F)c(F)c1)c1ccc(Cl)c(S(=O)(=O)C2CC3CCC(C2)C3(O)C(O)C(O)c2cccnc2)c1. The van der Waals surface area contributed by atoms with Crippen LogP contribution in [0.25, 0.3) is 0 Å². The number of anilines is 1. The van der Waals surface area contributed by atoms with Crippen molar-refractivity contribution in [1.29, 1.82) is 0 Å². The summed E-state index contributed by atoms with van der Waals surface area (Å²) < 4.78 is 54.3. The van der Waals surface area contributed by atoms with E-state index < -0.39 is 62.3 Å². The van der Waals surface area contributed by atoms with Gasteiger partial charge in [-0.15, -0.1) is 0 Å². The highest BCUT2D eigenvalue weighted by molar-refractivity contribution is 7.92. The monoisotopic (exact) mass is 592 g/mol. The Morgan fingerprint density at radius 3 is 2.38 bits per heavy atom. The molecule has 3 aromatic rings. The number of fused-ring (bicyclic) bond motifs is 2. The van der Waals surface area contributed by atoms with Crippen molar-refractivity contribution >= 4 is 33.0 Å². The number of aliphatic hydroxyl groups is 3. The molecule has 2 aliphatic rings. The van der Waals surface area contributed by atoms with Gasteiger partial charge in [-0.2, -0.15) is 0 Å². The summed E-state index contributed by atoms with van der Waals surface area (Å²) >= 11 is 6.28. The Bertz CT molecular complexity index is 1530. The summed E-state index contributed by atoms with van der Waals surface area (Å²) in [5.74, 6) is -4.19. The molecule has 0 saturated heterocycles. The molecule has 1 amide bonds. The minimum absolute atomic E-state index is 0.0153. The summed E-state index contributed by atoms with van der Waals surface area (Å²) in [7, 11) is -4.09. The minimum atomic E-state index is -4.09. The number of pyridine rings is 1. The van der Waals surface area contributed by atoms with Crippen molar-refractivity contribution in [2.24, 2.45) is 11.8 Å². The minimum Gasteiger partial charge on any atom is -0.387 e. The number of amides is 1. The standard InChI is InChI=1S/C28H27ClF2N2O6S/c29-21-7-3-15(27(36)33-19-6-8-22(30)23(31)13-19)10-24(21)40(38,39)20-11-17-4-5-18(12-20)28(17,37)26(35)25(34)16-2-1-9-32-14-16/h1-3,6-10,13-14,17-18,20,25-26,34-35,37H,4-5,11-12H2,(H,33,36). The van der Waals surface area contributed by atoms with Gasteiger partial charge in [0.15, 0.2) is 21.5 Å². The van der Waals surface area contributed by atoms with Crippen LogP contribution in [0.2, 0.25) is 5.02 Å². The van der Waals surface area contributed by atoms with Gasteiger partial charge in [0.1, 0.15) is 12.2 Å². The van der Waals surface area contributed by atoms with E-state index in [2.05, 4.69) is 10.3 Å². The lowest BCUT2D eigenvalue weighted by molar-refractivity contribution is -0.177. The normalized spacial score (nSPS) is 25.8. The molecule has 1 aromatic heterocycles. The van der Waals surface area contributed by atoms with Gasteiger partial charge in [-0.1, -0.05) is 17.7 Å². The number of hydrogen-bond acceptors (Lipinski definition) is 7. The van der Waals surface area contributed by atoms with Gasteiger partial charge in [0.25, 0.3) is 5.91 Å². The zero-order valence-electron chi connectivity index (χ0n) is 21.0. The van der Waals surface area contributed by atoms with E-state index in [4.69, 9.17) is 11.6 Å². The lowest BCUT2D eigenvalue weighted by atomic mass is 9.69. The average molecular weight is 593 g/mol. The van der Waals surface area contributed by atoms with Crippen molar-refractivity contribution in [2.75, 3.05) is 5.32 Å². The number of aromatic nitrogens is 1. The molecule has 5 rings (SSSR count). The second-order valence-electron chi connectivity index (χ2n) is 10.4. The van der Waals surface area contributed by atoms with Crippen LogP contribution in [0.15, 0.2) is 65.8 Å². The lowest BCUT2D eigenvalue weighted by Crippen LogP contribution is -2.57. The number of carbonyl (C=O) groups excluding carboxylic acids is 1. The van der Waals surface area contributed by atoms with Gasteiger partial charge in [-0.3, -0.25) is 9.78 Å². The molecule has 8 nitrogen and oxygen atoms in total. The van der Waals surface area contributed by atoms with Crippen LogP contribution in [-0.4, -0.2) is 51.6 Å². The summed E-state index contributed by atoms with van der Waals surface area (Å²) in [4.78, 5) is 16.5. The number of carbonyl (C=O) groups is 1. The van der Waals surface area contributed by atoms with Crippen LogP contribution in [0.5, 0.6) is 0 Å². The Kier molecular flexibility index (Phi) is 7.71. The maximum atomic E-state index is 13.8. The highest BCUT2D eigenvalue weighted by Gasteiger charge is 2.60. The predicted molar refractivity (Wildman–Crippen MR) is 142 cm³/mol. The summed E-state index contributed by atoms with van der Waals surface area (Å²) in [5, 5.41) is 34.8. The number of aliphatic hydroxyl groups excluding tert-OH is 2. The fraction of sp³-hybridized carbons (Fsp3) is 0.357. The molecule has 2 fully saturated rings. The van der Waals surface area contributed by atoms with E-state index in [1.165, 1.54) is 30.6 Å². The van der Waals surface area contributed by atoms with Crippen molar-refractivity contribution in [3.05, 3.63) is 88.7 Å². The molecule has 4 N–H and O–H groups in total. The maximum absolute atomic E-state index is 13.8. The highest BCUT2D eigenvalue weighted by atomic mass is 35.5. The van der Waals surface area contributed by atoms with Crippen molar-refractivity contribution in [1.82, 2.24) is 4.98 Å². The third-order valence-corrected chi connectivity index (χ3v) is 10.8. The van der Waals surface area contributed by atoms with E-state index in [0.717, 1.165) is 18.2 Å². The smallest absolute Gasteiger partial charge is 0.255 e. The van der Waals surface area contributed by atoms with Gasteiger partial charge in [0, 0.05) is 35.3 Å². The van der Waals surface area contributed by atoms with Gasteiger partial charge in [-0.05, 0) is 73.9 Å². The Morgan fingerprint density at radius 2 is 1.75 bits per heavy atom. The van der Waals surface area contributed by atoms with E-state index in [1.54, 1.807) is 12.1 Å². The molecule has 2 bridgehead atoms. The van der Waals surface area contributed by atoms with Gasteiger partial charge in [0.2, 0.25) is 0 Å². The molecule has 4 atom stereocenters. The lowest BCUT2D eigenvalue weighted by Gasteiger charge is -2.46. The first kappa shape index (κ1) is 28.6. The van der Waals surface area contributed by atoms with E-state index in [9.17, 15) is 37.3 Å². The van der Waals surface area contributed by atoms with Crippen LogP contribution in [0.3, 0.4) is 0 Å². The number of hydrogen-bond donors (Lipinski definition) is 4. The molecule has 2 aliphatic carbocycles. The van der Waals surface area contributed by atoms with Crippen LogP contribution in [0.1, 0.15) is 47.7 Å². The van der Waals surface area contributed by atoms with Crippen molar-refractivity contribution in [3.8, 4) is 0 Å². The quantitative estimate of drug-likeness (QED) is 0.325. The molecule has 2 saturated carbocycles. The van der Waals surface area contributed by atoms with Gasteiger partial charge < -0.3 is 20.6 Å². The van der Waals surface area contributed by atoms with Gasteiger partial charge in [0.05, 0.1) is 20.8 Å². The van der Waals surface area contributed by atoms with E-state index in [1.807, 2.05) is 0 Å². The molecular weight excluding hydrogens is 566 g/mol. The summed E-state index contributed by atoms with van der Waals surface area (Å²) in [6.45, 7) is 0. The molecule has 4 unspecified atom stereocenters. The number of sulfone groups is 1. The fourth-order valence-corrected chi connectivity index (χ4v) is 8.49. The average Bonchev–Trinajstić information content (AvgIpc) is 3.10. The van der Waals surface area contributed by atoms with Crippen LogP contribution in [0.4, 0.5) is 14.5 Å². The topological polar surface area (TPSA) is 137 Å². The number of rotatable bonds is 7. The van der Waals surface area contributed by atoms with Crippen LogP contribution < -0.4 is 5.32 Å². The molecule has 0 spiro atoms. The number of nitrogens with one attached hydrogen (secondary N) is 1. The zero-order chi connectivity index (χ0) is 28.8. The molecule has 12 heteroatoms. The summed E-state index contributed by atoms with van der Waals surface area (Å²) in [5.41, 5.74) is -1.43. The van der Waals surface area contributed by atoms with E-state index in [0.29, 0.717) is 18.4 Å². The Balaban J connectivity index is 1.37. The molecule has 2 aromatic carbocycles. The third-order valence-electron chi connectivity index (χ3n) is 8.18. The summed E-state index contributed by atoms with van der Waals surface area (Å²) in [6, 6.07) is 9.74. The number of benzene rings is 2. The number of halogens is 3. The Morgan fingerprint density at radius 1 is 1.05 bits per heavy atom. The second kappa shape index (κ2) is 10.8. The van der Waals surface area contributed by atoms with E-state index >= 15 is 0 Å².